The molecule has 0 aliphatic carbocycles. The van der Waals surface area contributed by atoms with Crippen molar-refractivity contribution in [3.05, 3.63) is 24.5 Å². The number of ether oxygens (including phenoxy) is 1. The molecule has 0 saturated carbocycles. The Bertz CT molecular complexity index is 154. The zero-order valence-corrected chi connectivity index (χ0v) is 7.39. The Morgan fingerprint density at radius 1 is 1.33 bits per heavy atom. The van der Waals surface area contributed by atoms with Gasteiger partial charge in [-0.15, -0.1) is 0 Å². The second kappa shape index (κ2) is 4.48. The third-order valence-corrected chi connectivity index (χ3v) is 0.885. The molecule has 3 heteroatoms. The van der Waals surface area contributed by atoms with Gasteiger partial charge in [-0.05, 0) is 12.1 Å². The standard InChI is InChI=1S/C6H7NO.Ir/c1-8-6-2-4-7-5-3-6;/h2-5H,1H3;/q;+3. The van der Waals surface area contributed by atoms with Crippen LogP contribution in [-0.2, 0) is 20.1 Å². The van der Waals surface area contributed by atoms with E-state index in [9.17, 15) is 0 Å². The normalized spacial score (nSPS) is 7.67. The van der Waals surface area contributed by atoms with Gasteiger partial charge in [0.1, 0.15) is 5.75 Å². The van der Waals surface area contributed by atoms with Gasteiger partial charge in [-0.25, -0.2) is 0 Å². The smallest absolute Gasteiger partial charge is 0.497 e. The Balaban J connectivity index is 0.000000640. The Labute approximate surface area is 67.6 Å². The topological polar surface area (TPSA) is 22.1 Å². The summed E-state index contributed by atoms with van der Waals surface area (Å²) in [5.74, 6) is 0.847. The van der Waals surface area contributed by atoms with E-state index in [1.165, 1.54) is 0 Å². The van der Waals surface area contributed by atoms with Gasteiger partial charge in [-0.1, -0.05) is 0 Å². The molecular formula is C6H7IrNO+3. The number of nitrogens with zero attached hydrogens (tertiary/aromatic N) is 1. The fraction of sp³-hybridized carbons (Fsp3) is 0.167. The molecule has 9 heavy (non-hydrogen) atoms. The molecule has 48 valence electrons. The molecule has 0 amide bonds. The van der Waals surface area contributed by atoms with Gasteiger partial charge in [0.25, 0.3) is 0 Å². The van der Waals surface area contributed by atoms with Crippen LogP contribution in [0.3, 0.4) is 0 Å². The maximum Gasteiger partial charge on any atom is 3.00 e. The van der Waals surface area contributed by atoms with Crippen LogP contribution in [-0.4, -0.2) is 12.1 Å². The van der Waals surface area contributed by atoms with Crippen molar-refractivity contribution in [3.63, 3.8) is 0 Å². The molecule has 0 bridgehead atoms. The van der Waals surface area contributed by atoms with Crippen LogP contribution in [0.15, 0.2) is 24.5 Å². The number of pyridine rings is 1. The molecule has 0 saturated heterocycles. The zero-order chi connectivity index (χ0) is 5.82. The molecule has 0 unspecified atom stereocenters. The van der Waals surface area contributed by atoms with Crippen molar-refractivity contribution in [1.29, 1.82) is 0 Å². The van der Waals surface area contributed by atoms with E-state index >= 15 is 0 Å². The summed E-state index contributed by atoms with van der Waals surface area (Å²) in [6.45, 7) is 0. The van der Waals surface area contributed by atoms with E-state index in [-0.39, 0.29) is 20.1 Å². The molecule has 0 radical (unpaired) electrons. The molecular weight excluding hydrogens is 294 g/mol. The van der Waals surface area contributed by atoms with Crippen LogP contribution in [0.4, 0.5) is 0 Å². The van der Waals surface area contributed by atoms with E-state index in [1.807, 2.05) is 0 Å². The molecule has 1 aromatic heterocycles. The molecule has 1 rings (SSSR count). The van der Waals surface area contributed by atoms with Crippen LogP contribution in [0.1, 0.15) is 0 Å². The van der Waals surface area contributed by atoms with Crippen molar-refractivity contribution in [3.8, 4) is 5.75 Å². The van der Waals surface area contributed by atoms with E-state index in [0.29, 0.717) is 0 Å². The molecule has 0 spiro atoms. The molecule has 0 atom stereocenters. The van der Waals surface area contributed by atoms with Crippen LogP contribution in [0.2, 0.25) is 0 Å². The summed E-state index contributed by atoms with van der Waals surface area (Å²) in [6.07, 6.45) is 3.39. The zero-order valence-electron chi connectivity index (χ0n) is 5.00. The largest absolute Gasteiger partial charge is 3.00 e. The van der Waals surface area contributed by atoms with E-state index < -0.39 is 0 Å². The first-order chi connectivity index (χ1) is 3.93. The van der Waals surface area contributed by atoms with E-state index in [1.54, 1.807) is 31.6 Å². The maximum atomic E-state index is 4.87. The molecule has 2 nitrogen and oxygen atoms in total. The second-order valence-electron chi connectivity index (χ2n) is 1.39. The minimum Gasteiger partial charge on any atom is -0.497 e. The predicted molar refractivity (Wildman–Crippen MR) is 30.8 cm³/mol. The van der Waals surface area contributed by atoms with E-state index in [2.05, 4.69) is 4.98 Å². The van der Waals surface area contributed by atoms with Crippen LogP contribution >= 0.6 is 0 Å². The van der Waals surface area contributed by atoms with Gasteiger partial charge in [-0.2, -0.15) is 0 Å². The number of hydrogen-bond acceptors (Lipinski definition) is 2. The van der Waals surface area contributed by atoms with Crippen molar-refractivity contribution < 1.29 is 24.8 Å². The Morgan fingerprint density at radius 3 is 2.22 bits per heavy atom. The molecule has 0 N–H and O–H groups in total. The van der Waals surface area contributed by atoms with Crippen molar-refractivity contribution in [2.24, 2.45) is 0 Å². The van der Waals surface area contributed by atoms with Crippen molar-refractivity contribution in [2.75, 3.05) is 7.11 Å². The summed E-state index contributed by atoms with van der Waals surface area (Å²) < 4.78 is 4.87. The van der Waals surface area contributed by atoms with Gasteiger partial charge >= 0.3 is 20.1 Å². The minimum atomic E-state index is 0. The van der Waals surface area contributed by atoms with E-state index in [4.69, 9.17) is 4.74 Å². The maximum absolute atomic E-state index is 4.87. The second-order valence-corrected chi connectivity index (χ2v) is 1.39. The Hall–Kier alpha value is -0.401. The number of methoxy groups -OCH3 is 1. The fourth-order valence-electron chi connectivity index (χ4n) is 0.474. The summed E-state index contributed by atoms with van der Waals surface area (Å²) in [5, 5.41) is 0. The molecule has 1 heterocycles. The first kappa shape index (κ1) is 8.60. The molecule has 0 fully saturated rings. The predicted octanol–water partition coefficient (Wildman–Crippen LogP) is 1.09. The third kappa shape index (κ3) is 2.59. The van der Waals surface area contributed by atoms with Gasteiger partial charge in [0.05, 0.1) is 7.11 Å². The number of rotatable bonds is 1. The van der Waals surface area contributed by atoms with Crippen molar-refractivity contribution in [2.45, 2.75) is 0 Å². The van der Waals surface area contributed by atoms with Crippen LogP contribution in [0.5, 0.6) is 5.75 Å². The average Bonchev–Trinajstić information content (AvgIpc) is 1.90. The van der Waals surface area contributed by atoms with Gasteiger partial charge < -0.3 is 4.74 Å². The van der Waals surface area contributed by atoms with Gasteiger partial charge in [-0.3, -0.25) is 4.98 Å². The minimum absolute atomic E-state index is 0. The van der Waals surface area contributed by atoms with Crippen LogP contribution in [0, 0.1) is 0 Å². The molecule has 0 aliphatic heterocycles. The first-order valence-electron chi connectivity index (χ1n) is 2.37. The number of aromatic nitrogens is 1. The van der Waals surface area contributed by atoms with E-state index in [0.717, 1.165) is 5.75 Å². The van der Waals surface area contributed by atoms with Crippen molar-refractivity contribution >= 4 is 0 Å². The summed E-state index contributed by atoms with van der Waals surface area (Å²) in [5.41, 5.74) is 0. The molecule has 1 aromatic rings. The summed E-state index contributed by atoms with van der Waals surface area (Å²) >= 11 is 0. The SMILES string of the molecule is COc1ccncc1.[Ir+3]. The average molecular weight is 301 g/mol. The first-order valence-corrected chi connectivity index (χ1v) is 2.37. The van der Waals surface area contributed by atoms with Crippen LogP contribution < -0.4 is 4.74 Å². The van der Waals surface area contributed by atoms with Gasteiger partial charge in [0.2, 0.25) is 0 Å². The molecule has 0 aliphatic rings. The Morgan fingerprint density at radius 2 is 1.89 bits per heavy atom. The summed E-state index contributed by atoms with van der Waals surface area (Å²) in [4.78, 5) is 3.81. The summed E-state index contributed by atoms with van der Waals surface area (Å²) in [6, 6.07) is 3.61. The fourth-order valence-corrected chi connectivity index (χ4v) is 0.474. The quantitative estimate of drug-likeness (QED) is 0.775. The van der Waals surface area contributed by atoms with Crippen molar-refractivity contribution in [1.82, 2.24) is 4.98 Å². The third-order valence-electron chi connectivity index (χ3n) is 0.885. The van der Waals surface area contributed by atoms with Gasteiger partial charge in [0, 0.05) is 12.4 Å². The molecule has 0 aromatic carbocycles. The summed E-state index contributed by atoms with van der Waals surface area (Å²) in [7, 11) is 1.63. The monoisotopic (exact) mass is 302 g/mol. The van der Waals surface area contributed by atoms with Crippen LogP contribution in [0.25, 0.3) is 0 Å². The van der Waals surface area contributed by atoms with Gasteiger partial charge in [0.15, 0.2) is 0 Å². The number of hydrogen-bond donors (Lipinski definition) is 0. The Kier molecular flexibility index (Phi) is 4.28.